The monoisotopic (exact) mass is 441 g/mol. The van der Waals surface area contributed by atoms with Gasteiger partial charge in [0.2, 0.25) is 0 Å². The average Bonchev–Trinajstić information content (AvgIpc) is 2.75. The van der Waals surface area contributed by atoms with Crippen molar-refractivity contribution in [3.8, 4) is 5.75 Å². The zero-order valence-electron chi connectivity index (χ0n) is 18.6. The highest BCUT2D eigenvalue weighted by Gasteiger charge is 2.26. The number of amides is 1. The topological polar surface area (TPSA) is 64.4 Å². The highest BCUT2D eigenvalue weighted by molar-refractivity contribution is 6.31. The van der Waals surface area contributed by atoms with Gasteiger partial charge in [-0.15, -0.1) is 0 Å². The number of hydrogen-bond donors (Lipinski definition) is 0. The Labute approximate surface area is 187 Å². The van der Waals surface area contributed by atoms with Crippen LogP contribution in [0.1, 0.15) is 49.4 Å². The molecule has 1 amide bonds. The number of halogens is 1. The van der Waals surface area contributed by atoms with Crippen LogP contribution in [0.4, 0.5) is 0 Å². The molecule has 0 saturated heterocycles. The summed E-state index contributed by atoms with van der Waals surface area (Å²) < 4.78 is 6.80. The summed E-state index contributed by atoms with van der Waals surface area (Å²) in [6, 6.07) is 11.7. The van der Waals surface area contributed by atoms with Gasteiger partial charge in [-0.25, -0.2) is 4.98 Å². The molecule has 7 heteroatoms. The minimum atomic E-state index is -0.418. The van der Waals surface area contributed by atoms with E-state index in [0.29, 0.717) is 45.5 Å². The Morgan fingerprint density at radius 2 is 1.94 bits per heavy atom. The molecule has 0 aliphatic carbocycles. The van der Waals surface area contributed by atoms with Gasteiger partial charge < -0.3 is 9.64 Å². The molecule has 3 aromatic rings. The molecule has 164 valence electrons. The van der Waals surface area contributed by atoms with Gasteiger partial charge in [-0.05, 0) is 55.7 Å². The molecule has 0 bridgehead atoms. The van der Waals surface area contributed by atoms with Gasteiger partial charge in [0, 0.05) is 24.2 Å². The van der Waals surface area contributed by atoms with Crippen molar-refractivity contribution in [1.82, 2.24) is 14.5 Å². The van der Waals surface area contributed by atoms with Crippen LogP contribution in [-0.4, -0.2) is 34.0 Å². The lowest BCUT2D eigenvalue weighted by Crippen LogP contribution is -2.38. The molecule has 0 aliphatic heterocycles. The van der Waals surface area contributed by atoms with Gasteiger partial charge in [0.15, 0.2) is 0 Å². The first kappa shape index (κ1) is 22.8. The first-order valence-electron chi connectivity index (χ1n) is 10.3. The maximum absolute atomic E-state index is 13.5. The van der Waals surface area contributed by atoms with E-state index < -0.39 is 6.04 Å². The molecule has 3 rings (SSSR count). The van der Waals surface area contributed by atoms with E-state index in [4.69, 9.17) is 21.3 Å². The van der Waals surface area contributed by atoms with Crippen molar-refractivity contribution in [3.05, 3.63) is 69.2 Å². The summed E-state index contributed by atoms with van der Waals surface area (Å²) in [4.78, 5) is 32.9. The summed E-state index contributed by atoms with van der Waals surface area (Å²) in [6.07, 6.45) is 0.827. The van der Waals surface area contributed by atoms with Crippen LogP contribution in [-0.2, 0) is 7.05 Å². The normalized spacial score (nSPS) is 12.2. The Kier molecular flexibility index (Phi) is 7.01. The molecule has 1 heterocycles. The van der Waals surface area contributed by atoms with E-state index in [1.165, 1.54) is 4.57 Å². The molecule has 1 atom stereocenters. The Hall–Kier alpha value is -2.86. The number of benzene rings is 2. The van der Waals surface area contributed by atoms with Gasteiger partial charge >= 0.3 is 0 Å². The lowest BCUT2D eigenvalue weighted by Gasteiger charge is -2.31. The average molecular weight is 442 g/mol. The van der Waals surface area contributed by atoms with Crippen LogP contribution in [0.3, 0.4) is 0 Å². The van der Waals surface area contributed by atoms with Crippen molar-refractivity contribution in [1.29, 1.82) is 0 Å². The summed E-state index contributed by atoms with van der Waals surface area (Å²) in [7, 11) is 3.26. The smallest absolute Gasteiger partial charge is 0.261 e. The Balaban J connectivity index is 2.07. The van der Waals surface area contributed by atoms with Gasteiger partial charge in [-0.3, -0.25) is 14.2 Å². The zero-order valence-corrected chi connectivity index (χ0v) is 19.3. The van der Waals surface area contributed by atoms with E-state index in [9.17, 15) is 9.59 Å². The number of hydrogen-bond acceptors (Lipinski definition) is 4. The first-order valence-corrected chi connectivity index (χ1v) is 10.7. The summed E-state index contributed by atoms with van der Waals surface area (Å²) in [5, 5.41) is 1.01. The molecule has 0 radical (unpaired) electrons. The second kappa shape index (κ2) is 9.52. The molecule has 0 saturated carbocycles. The highest BCUT2D eigenvalue weighted by atomic mass is 35.5. The second-order valence-electron chi connectivity index (χ2n) is 8.08. The fraction of sp³-hybridized carbons (Fsp3) is 0.375. The first-order chi connectivity index (χ1) is 14.7. The van der Waals surface area contributed by atoms with Crippen LogP contribution >= 0.6 is 11.6 Å². The standard InChI is InChI=1S/C24H28ClN3O3/c1-15(2)11-12-28(23(29)17-7-6-8-19(13-17)31-5)16(3)22-26-21-14-18(25)9-10-20(21)24(30)27(22)4/h6-10,13-16H,11-12H2,1-5H3. The van der Waals surface area contributed by atoms with Crippen LogP contribution in [0.15, 0.2) is 47.3 Å². The maximum Gasteiger partial charge on any atom is 0.261 e. The van der Waals surface area contributed by atoms with Crippen LogP contribution in [0, 0.1) is 5.92 Å². The van der Waals surface area contributed by atoms with E-state index >= 15 is 0 Å². The minimum Gasteiger partial charge on any atom is -0.497 e. The van der Waals surface area contributed by atoms with E-state index in [1.54, 1.807) is 61.5 Å². The number of rotatable bonds is 7. The molecular weight excluding hydrogens is 414 g/mol. The third-order valence-electron chi connectivity index (χ3n) is 5.44. The zero-order chi connectivity index (χ0) is 22.7. The minimum absolute atomic E-state index is 0.132. The maximum atomic E-state index is 13.5. The van der Waals surface area contributed by atoms with Crippen molar-refractivity contribution < 1.29 is 9.53 Å². The fourth-order valence-electron chi connectivity index (χ4n) is 3.56. The SMILES string of the molecule is COc1cccc(C(=O)N(CCC(C)C)C(C)c2nc3cc(Cl)ccc3c(=O)n2C)c1. The quantitative estimate of drug-likeness (QED) is 0.526. The van der Waals surface area contributed by atoms with Crippen molar-refractivity contribution in [2.75, 3.05) is 13.7 Å². The van der Waals surface area contributed by atoms with Crippen molar-refractivity contribution in [2.24, 2.45) is 13.0 Å². The van der Waals surface area contributed by atoms with E-state index in [-0.39, 0.29) is 11.5 Å². The number of aromatic nitrogens is 2. The number of carbonyl (C=O) groups is 1. The van der Waals surface area contributed by atoms with Crippen molar-refractivity contribution in [2.45, 2.75) is 33.2 Å². The molecule has 6 nitrogen and oxygen atoms in total. The van der Waals surface area contributed by atoms with Crippen LogP contribution in [0.25, 0.3) is 10.9 Å². The molecule has 1 unspecified atom stereocenters. The molecule has 31 heavy (non-hydrogen) atoms. The van der Waals surface area contributed by atoms with Crippen molar-refractivity contribution >= 4 is 28.4 Å². The fourth-order valence-corrected chi connectivity index (χ4v) is 3.73. The van der Waals surface area contributed by atoms with Gasteiger partial charge in [0.05, 0.1) is 24.1 Å². The third-order valence-corrected chi connectivity index (χ3v) is 5.67. The van der Waals surface area contributed by atoms with Gasteiger partial charge in [0.1, 0.15) is 11.6 Å². The van der Waals surface area contributed by atoms with E-state index in [2.05, 4.69) is 13.8 Å². The number of fused-ring (bicyclic) bond motifs is 1. The van der Waals surface area contributed by atoms with Crippen LogP contribution in [0.2, 0.25) is 5.02 Å². The second-order valence-corrected chi connectivity index (χ2v) is 8.52. The molecular formula is C24H28ClN3O3. The van der Waals surface area contributed by atoms with Crippen LogP contribution < -0.4 is 10.3 Å². The van der Waals surface area contributed by atoms with Crippen LogP contribution in [0.5, 0.6) is 5.75 Å². The van der Waals surface area contributed by atoms with E-state index in [1.807, 2.05) is 6.92 Å². The summed E-state index contributed by atoms with van der Waals surface area (Å²) >= 11 is 6.12. The number of nitrogens with zero attached hydrogens (tertiary/aromatic N) is 3. The number of carbonyl (C=O) groups excluding carboxylic acids is 1. The lowest BCUT2D eigenvalue weighted by atomic mass is 10.1. The summed E-state index contributed by atoms with van der Waals surface area (Å²) in [5.41, 5.74) is 0.889. The molecule has 0 fully saturated rings. The lowest BCUT2D eigenvalue weighted by molar-refractivity contribution is 0.0670. The third kappa shape index (κ3) is 4.90. The molecule has 0 N–H and O–H groups in total. The number of ether oxygens (including phenoxy) is 1. The summed E-state index contributed by atoms with van der Waals surface area (Å²) in [5.74, 6) is 1.42. The number of methoxy groups -OCH3 is 1. The Morgan fingerprint density at radius 3 is 2.61 bits per heavy atom. The molecule has 1 aromatic heterocycles. The largest absolute Gasteiger partial charge is 0.497 e. The predicted octanol–water partition coefficient (Wildman–Crippen LogP) is 4.85. The van der Waals surface area contributed by atoms with Gasteiger partial charge in [0.25, 0.3) is 11.5 Å². The summed E-state index contributed by atoms with van der Waals surface area (Å²) in [6.45, 7) is 6.67. The Bertz CT molecular complexity index is 1160. The highest BCUT2D eigenvalue weighted by Crippen LogP contribution is 2.25. The molecule has 2 aromatic carbocycles. The van der Waals surface area contributed by atoms with Gasteiger partial charge in [-0.1, -0.05) is 31.5 Å². The predicted molar refractivity (Wildman–Crippen MR) is 124 cm³/mol. The molecule has 0 spiro atoms. The van der Waals surface area contributed by atoms with Gasteiger partial charge in [-0.2, -0.15) is 0 Å². The Morgan fingerprint density at radius 1 is 1.19 bits per heavy atom. The van der Waals surface area contributed by atoms with Crippen molar-refractivity contribution in [3.63, 3.8) is 0 Å². The van der Waals surface area contributed by atoms with E-state index in [0.717, 1.165) is 6.42 Å². The molecule has 0 aliphatic rings.